The highest BCUT2D eigenvalue weighted by molar-refractivity contribution is 7.91. The summed E-state index contributed by atoms with van der Waals surface area (Å²) in [7, 11) is -3.73. The van der Waals surface area contributed by atoms with E-state index in [9.17, 15) is 23.1 Å². The van der Waals surface area contributed by atoms with Crippen molar-refractivity contribution in [3.8, 4) is 0 Å². The molecule has 1 heterocycles. The molecular formula is C24H28ClN3O5S. The molecule has 5 rings (SSSR count). The number of benzene rings is 2. The number of amides is 2. The highest BCUT2D eigenvalue weighted by atomic mass is 35.5. The van der Waals surface area contributed by atoms with Crippen molar-refractivity contribution in [2.24, 2.45) is 5.92 Å². The van der Waals surface area contributed by atoms with Crippen molar-refractivity contribution in [3.05, 3.63) is 60.7 Å². The van der Waals surface area contributed by atoms with Crippen molar-refractivity contribution < 1.29 is 23.1 Å². The molecule has 0 bridgehead atoms. The van der Waals surface area contributed by atoms with Crippen LogP contribution in [0.4, 0.5) is 0 Å². The number of carbonyl (C=O) groups excluding carboxylic acids is 2. The lowest BCUT2D eigenvalue weighted by atomic mass is 9.89. The molecule has 1 aliphatic heterocycles. The first-order valence-electron chi connectivity index (χ1n) is 11.1. The Balaban J connectivity index is 0.00000274. The number of hydrogen-bond acceptors (Lipinski definition) is 6. The average molecular weight is 506 g/mol. The van der Waals surface area contributed by atoms with Gasteiger partial charge in [0.15, 0.2) is 0 Å². The third kappa shape index (κ3) is 4.33. The first-order chi connectivity index (χ1) is 15.7. The molecule has 0 radical (unpaired) electrons. The average Bonchev–Trinajstić information content (AvgIpc) is 3.71. The molecule has 2 aromatic carbocycles. The number of sulfonamides is 1. The molecule has 3 fully saturated rings. The first kappa shape index (κ1) is 24.7. The Hall–Kier alpha value is -2.46. The van der Waals surface area contributed by atoms with Gasteiger partial charge in [-0.15, -0.1) is 19.0 Å². The Labute approximate surface area is 204 Å². The van der Waals surface area contributed by atoms with Gasteiger partial charge in [-0.25, -0.2) is 8.42 Å². The third-order valence-corrected chi connectivity index (χ3v) is 8.85. The van der Waals surface area contributed by atoms with Crippen LogP contribution in [-0.4, -0.2) is 48.7 Å². The normalized spacial score (nSPS) is 30.3. The SMILES string of the molecule is C=C[C@@H]1C[C@]1(NC(=O)[C@@H]1C[C@@](O)(c2ccc3ccccc3c2)CN1)C(=O)NS(=O)(=O)C1CC1.Cl. The van der Waals surface area contributed by atoms with Gasteiger partial charge < -0.3 is 15.7 Å². The molecule has 0 aromatic heterocycles. The Morgan fingerprint density at radius 2 is 1.82 bits per heavy atom. The van der Waals surface area contributed by atoms with Gasteiger partial charge >= 0.3 is 0 Å². The van der Waals surface area contributed by atoms with Crippen LogP contribution in [0.25, 0.3) is 10.8 Å². The van der Waals surface area contributed by atoms with Crippen LogP contribution in [0, 0.1) is 5.92 Å². The molecule has 34 heavy (non-hydrogen) atoms. The van der Waals surface area contributed by atoms with Crippen molar-refractivity contribution in [1.29, 1.82) is 0 Å². The van der Waals surface area contributed by atoms with Gasteiger partial charge in [0.25, 0.3) is 5.91 Å². The molecule has 3 aliphatic rings. The van der Waals surface area contributed by atoms with Gasteiger partial charge in [0, 0.05) is 18.9 Å². The van der Waals surface area contributed by atoms with Crippen molar-refractivity contribution in [2.75, 3.05) is 6.54 Å². The Bertz CT molecular complexity index is 1260. The van der Waals surface area contributed by atoms with Crippen LogP contribution < -0.4 is 15.4 Å². The van der Waals surface area contributed by atoms with E-state index in [0.717, 1.165) is 10.8 Å². The number of fused-ring (bicyclic) bond motifs is 1. The topological polar surface area (TPSA) is 125 Å². The summed E-state index contributed by atoms with van der Waals surface area (Å²) in [5.41, 5.74) is -1.85. The van der Waals surface area contributed by atoms with Crippen molar-refractivity contribution in [3.63, 3.8) is 0 Å². The summed E-state index contributed by atoms with van der Waals surface area (Å²) >= 11 is 0. The van der Waals surface area contributed by atoms with Gasteiger partial charge in [0.2, 0.25) is 15.9 Å². The largest absolute Gasteiger partial charge is 0.384 e. The Kier molecular flexibility index (Phi) is 6.27. The molecule has 1 saturated heterocycles. The second kappa shape index (κ2) is 8.64. The van der Waals surface area contributed by atoms with Gasteiger partial charge in [-0.1, -0.05) is 42.5 Å². The number of β-amino-alcohol motifs (C(OH)–C–C–N with tert-alkyl or cyclic N) is 1. The van der Waals surface area contributed by atoms with Crippen LogP contribution in [-0.2, 0) is 25.2 Å². The maximum absolute atomic E-state index is 13.1. The molecule has 0 spiro atoms. The lowest BCUT2D eigenvalue weighted by Crippen LogP contribution is -2.55. The fourth-order valence-corrected chi connectivity index (χ4v) is 6.05. The molecule has 182 valence electrons. The predicted molar refractivity (Wildman–Crippen MR) is 131 cm³/mol. The number of halogens is 1. The van der Waals surface area contributed by atoms with E-state index in [1.54, 1.807) is 6.08 Å². The Morgan fingerprint density at radius 3 is 2.47 bits per heavy atom. The summed E-state index contributed by atoms with van der Waals surface area (Å²) in [6, 6.07) is 12.8. The zero-order valence-corrected chi connectivity index (χ0v) is 20.1. The van der Waals surface area contributed by atoms with E-state index < -0.39 is 44.3 Å². The highest BCUT2D eigenvalue weighted by Gasteiger charge is 2.61. The maximum atomic E-state index is 13.1. The quantitative estimate of drug-likeness (QED) is 0.422. The fraction of sp³-hybridized carbons (Fsp3) is 0.417. The fourth-order valence-electron chi connectivity index (χ4n) is 4.68. The maximum Gasteiger partial charge on any atom is 0.259 e. The molecule has 4 N–H and O–H groups in total. The summed E-state index contributed by atoms with van der Waals surface area (Å²) in [5.74, 6) is -1.53. The third-order valence-electron chi connectivity index (χ3n) is 7.03. The summed E-state index contributed by atoms with van der Waals surface area (Å²) in [6.45, 7) is 3.88. The molecule has 4 atom stereocenters. The van der Waals surface area contributed by atoms with E-state index in [0.29, 0.717) is 18.4 Å². The van der Waals surface area contributed by atoms with Gasteiger partial charge in [-0.2, -0.15) is 0 Å². The van der Waals surface area contributed by atoms with Gasteiger partial charge in [-0.05, 0) is 41.7 Å². The lowest BCUT2D eigenvalue weighted by molar-refractivity contribution is -0.130. The first-order valence-corrected chi connectivity index (χ1v) is 12.7. The minimum atomic E-state index is -3.73. The molecular weight excluding hydrogens is 478 g/mol. The second-order valence-corrected chi connectivity index (χ2v) is 11.4. The van der Waals surface area contributed by atoms with Crippen LogP contribution in [0.5, 0.6) is 0 Å². The van der Waals surface area contributed by atoms with Crippen LogP contribution in [0.1, 0.15) is 31.2 Å². The van der Waals surface area contributed by atoms with E-state index in [1.807, 2.05) is 42.5 Å². The molecule has 2 saturated carbocycles. The van der Waals surface area contributed by atoms with Crippen molar-refractivity contribution >= 4 is 45.0 Å². The zero-order valence-electron chi connectivity index (χ0n) is 18.5. The van der Waals surface area contributed by atoms with Crippen molar-refractivity contribution in [2.45, 2.75) is 48.1 Å². The molecule has 2 amide bonds. The number of aliphatic hydroxyl groups is 1. The lowest BCUT2D eigenvalue weighted by Gasteiger charge is -2.24. The van der Waals surface area contributed by atoms with E-state index in [1.165, 1.54) is 0 Å². The number of carbonyl (C=O) groups is 2. The highest BCUT2D eigenvalue weighted by Crippen LogP contribution is 2.45. The van der Waals surface area contributed by atoms with Crippen LogP contribution in [0.3, 0.4) is 0 Å². The van der Waals surface area contributed by atoms with Crippen LogP contribution >= 0.6 is 12.4 Å². The minimum absolute atomic E-state index is 0. The predicted octanol–water partition coefficient (Wildman–Crippen LogP) is 1.48. The summed E-state index contributed by atoms with van der Waals surface area (Å²) in [5, 5.41) is 18.6. The molecule has 10 heteroatoms. The summed E-state index contributed by atoms with van der Waals surface area (Å²) in [4.78, 5) is 25.9. The molecule has 0 unspecified atom stereocenters. The van der Waals surface area contributed by atoms with E-state index >= 15 is 0 Å². The van der Waals surface area contributed by atoms with Crippen LogP contribution in [0.15, 0.2) is 55.1 Å². The molecule has 2 aliphatic carbocycles. The molecule has 2 aromatic rings. The summed E-state index contributed by atoms with van der Waals surface area (Å²) in [6.07, 6.45) is 3.04. The van der Waals surface area contributed by atoms with E-state index in [-0.39, 0.29) is 37.7 Å². The number of rotatable bonds is 7. The molecule has 8 nitrogen and oxygen atoms in total. The number of hydrogen-bond donors (Lipinski definition) is 4. The van der Waals surface area contributed by atoms with Crippen molar-refractivity contribution in [1.82, 2.24) is 15.4 Å². The minimum Gasteiger partial charge on any atom is -0.384 e. The Morgan fingerprint density at radius 1 is 1.12 bits per heavy atom. The second-order valence-electron chi connectivity index (χ2n) is 9.41. The van der Waals surface area contributed by atoms with E-state index in [2.05, 4.69) is 21.9 Å². The van der Waals surface area contributed by atoms with Gasteiger partial charge in [0.05, 0.1) is 11.3 Å². The van der Waals surface area contributed by atoms with Gasteiger partial charge in [0.1, 0.15) is 11.1 Å². The monoisotopic (exact) mass is 505 g/mol. The van der Waals surface area contributed by atoms with Gasteiger partial charge in [-0.3, -0.25) is 14.3 Å². The smallest absolute Gasteiger partial charge is 0.259 e. The zero-order chi connectivity index (χ0) is 23.4. The standard InChI is InChI=1S/C24H27N3O5S.ClH/c1-2-17-12-24(17,22(29)27-33(31,32)19-9-10-19)26-21(28)20-13-23(30,14-25-20)18-8-7-15-5-3-4-6-16(15)11-18;/h2-8,11,17,19-20,25,30H,1,9-10,12-14H2,(H,26,28)(H,27,29);1H/t17-,20+,23+,24-;/m1./s1. The summed E-state index contributed by atoms with van der Waals surface area (Å²) < 4.78 is 26.6. The van der Waals surface area contributed by atoms with Crippen LogP contribution in [0.2, 0.25) is 0 Å². The number of nitrogens with one attached hydrogen (secondary N) is 3. The van der Waals surface area contributed by atoms with E-state index in [4.69, 9.17) is 0 Å².